The van der Waals surface area contributed by atoms with Crippen LogP contribution in [0.15, 0.2) is 12.1 Å². The number of amides is 1. The number of carbonyl (C=O) groups is 3. The highest BCUT2D eigenvalue weighted by Gasteiger charge is 2.25. The number of methoxy groups -OCH3 is 1. The lowest BCUT2D eigenvalue weighted by Gasteiger charge is -2.15. The number of ether oxygens (including phenoxy) is 1. The Morgan fingerprint density at radius 1 is 1.42 bits per heavy atom. The minimum atomic E-state index is -1.19. The molecule has 0 bridgehead atoms. The third kappa shape index (κ3) is 2.54. The summed E-state index contributed by atoms with van der Waals surface area (Å²) in [6, 6.07) is 2.40. The third-order valence-electron chi connectivity index (χ3n) is 2.80. The van der Waals surface area contributed by atoms with Gasteiger partial charge in [-0.2, -0.15) is 0 Å². The first kappa shape index (κ1) is 13.0. The van der Waals surface area contributed by atoms with E-state index >= 15 is 0 Å². The fraction of sp³-hybridized carbons (Fsp3) is 0.333. The topological polar surface area (TPSA) is 96.8 Å². The lowest BCUT2D eigenvalue weighted by Crippen LogP contribution is -2.26. The molecule has 0 unspecified atom stereocenters. The van der Waals surface area contributed by atoms with Crippen molar-refractivity contribution in [3.63, 3.8) is 0 Å². The Morgan fingerprint density at radius 3 is 2.68 bits per heavy atom. The number of aromatic nitrogens is 1. The molecule has 19 heavy (non-hydrogen) atoms. The lowest BCUT2D eigenvalue weighted by atomic mass is 10.2. The van der Waals surface area contributed by atoms with E-state index in [1.165, 1.54) is 18.1 Å². The van der Waals surface area contributed by atoms with Gasteiger partial charge in [0.2, 0.25) is 5.91 Å². The first-order valence-electron chi connectivity index (χ1n) is 5.67. The summed E-state index contributed by atoms with van der Waals surface area (Å²) in [6.45, 7) is 0.468. The molecule has 100 valence electrons. The van der Waals surface area contributed by atoms with Crippen LogP contribution in [-0.2, 0) is 9.53 Å². The summed E-state index contributed by atoms with van der Waals surface area (Å²) in [4.78, 5) is 39.5. The van der Waals surface area contributed by atoms with Gasteiger partial charge in [0.15, 0.2) is 5.69 Å². The molecule has 0 aliphatic carbocycles. The van der Waals surface area contributed by atoms with Crippen molar-refractivity contribution in [1.29, 1.82) is 0 Å². The van der Waals surface area contributed by atoms with Crippen molar-refractivity contribution in [2.75, 3.05) is 18.6 Å². The number of anilines is 1. The number of aromatic carboxylic acids is 1. The van der Waals surface area contributed by atoms with Crippen LogP contribution in [0.25, 0.3) is 0 Å². The zero-order valence-corrected chi connectivity index (χ0v) is 10.3. The maximum atomic E-state index is 11.6. The highest BCUT2D eigenvalue weighted by molar-refractivity contribution is 5.98. The van der Waals surface area contributed by atoms with Gasteiger partial charge in [-0.1, -0.05) is 0 Å². The number of nitrogens with zero attached hydrogens (tertiary/aromatic N) is 2. The average molecular weight is 264 g/mol. The molecule has 1 fully saturated rings. The summed E-state index contributed by atoms with van der Waals surface area (Å²) in [7, 11) is 1.18. The largest absolute Gasteiger partial charge is 0.478 e. The summed E-state index contributed by atoms with van der Waals surface area (Å²) in [5.41, 5.74) is -0.234. The number of hydrogen-bond acceptors (Lipinski definition) is 5. The van der Waals surface area contributed by atoms with E-state index in [9.17, 15) is 14.4 Å². The molecule has 0 saturated carbocycles. The minimum Gasteiger partial charge on any atom is -0.478 e. The Labute approximate surface area is 108 Å². The summed E-state index contributed by atoms with van der Waals surface area (Å²) in [5, 5.41) is 9.01. The molecule has 0 radical (unpaired) electrons. The number of esters is 1. The second-order valence-corrected chi connectivity index (χ2v) is 4.04. The van der Waals surface area contributed by atoms with Gasteiger partial charge in [-0.05, 0) is 18.6 Å². The molecule has 1 aliphatic rings. The van der Waals surface area contributed by atoms with E-state index in [0.717, 1.165) is 6.07 Å². The van der Waals surface area contributed by atoms with E-state index in [2.05, 4.69) is 9.72 Å². The van der Waals surface area contributed by atoms with Crippen molar-refractivity contribution < 1.29 is 24.2 Å². The smallest absolute Gasteiger partial charge is 0.356 e. The molecule has 7 nitrogen and oxygen atoms in total. The van der Waals surface area contributed by atoms with Crippen LogP contribution in [0.2, 0.25) is 0 Å². The molecular weight excluding hydrogens is 252 g/mol. The molecule has 1 N–H and O–H groups in total. The van der Waals surface area contributed by atoms with Gasteiger partial charge >= 0.3 is 11.9 Å². The van der Waals surface area contributed by atoms with Crippen molar-refractivity contribution >= 4 is 23.7 Å². The molecule has 0 aromatic carbocycles. The molecule has 1 aromatic rings. The van der Waals surface area contributed by atoms with Crippen molar-refractivity contribution in [3.8, 4) is 0 Å². The van der Waals surface area contributed by atoms with Crippen LogP contribution >= 0.6 is 0 Å². The molecule has 0 atom stereocenters. The van der Waals surface area contributed by atoms with E-state index in [0.29, 0.717) is 19.4 Å². The first-order valence-corrected chi connectivity index (χ1v) is 5.67. The average Bonchev–Trinajstić information content (AvgIpc) is 2.83. The second kappa shape index (κ2) is 5.05. The fourth-order valence-corrected chi connectivity index (χ4v) is 1.88. The summed E-state index contributed by atoms with van der Waals surface area (Å²) in [6.07, 6.45) is 1.08. The van der Waals surface area contributed by atoms with E-state index in [-0.39, 0.29) is 23.0 Å². The molecule has 2 rings (SSSR count). The van der Waals surface area contributed by atoms with Crippen LogP contribution < -0.4 is 4.90 Å². The van der Waals surface area contributed by atoms with Gasteiger partial charge < -0.3 is 9.84 Å². The summed E-state index contributed by atoms with van der Waals surface area (Å²) in [5.74, 6) is -1.90. The van der Waals surface area contributed by atoms with Crippen molar-refractivity contribution in [3.05, 3.63) is 23.4 Å². The number of carboxylic acids is 1. The molecule has 1 aliphatic heterocycles. The van der Waals surface area contributed by atoms with Gasteiger partial charge in [0.1, 0.15) is 5.82 Å². The standard InChI is InChI=1S/C12H12N2O5/c1-19-12(18)8-5-7(11(16)17)6-9(13-8)14-4-2-3-10(14)15/h5-6H,2-4H2,1H3,(H,16,17). The summed E-state index contributed by atoms with van der Waals surface area (Å²) < 4.78 is 4.52. The van der Waals surface area contributed by atoms with Crippen molar-refractivity contribution in [1.82, 2.24) is 4.98 Å². The van der Waals surface area contributed by atoms with E-state index in [4.69, 9.17) is 5.11 Å². The van der Waals surface area contributed by atoms with Crippen LogP contribution in [0.4, 0.5) is 5.82 Å². The number of hydrogen-bond donors (Lipinski definition) is 1. The van der Waals surface area contributed by atoms with E-state index in [1.807, 2.05) is 0 Å². The maximum absolute atomic E-state index is 11.6. The Kier molecular flexibility index (Phi) is 3.46. The van der Waals surface area contributed by atoms with Crippen molar-refractivity contribution in [2.45, 2.75) is 12.8 Å². The second-order valence-electron chi connectivity index (χ2n) is 4.04. The van der Waals surface area contributed by atoms with Gasteiger partial charge in [0.05, 0.1) is 12.7 Å². The van der Waals surface area contributed by atoms with Crippen LogP contribution in [-0.4, -0.2) is 41.6 Å². The van der Waals surface area contributed by atoms with Crippen molar-refractivity contribution in [2.24, 2.45) is 0 Å². The number of rotatable bonds is 3. The monoisotopic (exact) mass is 264 g/mol. The highest BCUT2D eigenvalue weighted by Crippen LogP contribution is 2.21. The fourth-order valence-electron chi connectivity index (χ4n) is 1.88. The number of carboxylic acid groups (broad SMARTS) is 1. The first-order chi connectivity index (χ1) is 9.02. The SMILES string of the molecule is COC(=O)c1cc(C(=O)O)cc(N2CCCC2=O)n1. The molecule has 1 amide bonds. The zero-order chi connectivity index (χ0) is 14.0. The predicted octanol–water partition coefficient (Wildman–Crippen LogP) is 0.693. The normalized spacial score (nSPS) is 14.6. The Morgan fingerprint density at radius 2 is 2.16 bits per heavy atom. The number of carbonyl (C=O) groups excluding carboxylic acids is 2. The van der Waals surface area contributed by atoms with Gasteiger partial charge in [-0.15, -0.1) is 0 Å². The van der Waals surface area contributed by atoms with Crippen LogP contribution in [0.3, 0.4) is 0 Å². The molecule has 1 aromatic heterocycles. The van der Waals surface area contributed by atoms with Crippen LogP contribution in [0.1, 0.15) is 33.7 Å². The van der Waals surface area contributed by atoms with Gasteiger partial charge in [-0.25, -0.2) is 14.6 Å². The minimum absolute atomic E-state index is 0.106. The van der Waals surface area contributed by atoms with Gasteiger partial charge in [0.25, 0.3) is 0 Å². The van der Waals surface area contributed by atoms with Crippen LogP contribution in [0, 0.1) is 0 Å². The van der Waals surface area contributed by atoms with E-state index in [1.54, 1.807) is 0 Å². The lowest BCUT2D eigenvalue weighted by molar-refractivity contribution is -0.117. The molecule has 7 heteroatoms. The zero-order valence-electron chi connectivity index (χ0n) is 10.3. The molecule has 1 saturated heterocycles. The molecular formula is C12H12N2O5. The maximum Gasteiger partial charge on any atom is 0.356 e. The molecule has 2 heterocycles. The third-order valence-corrected chi connectivity index (χ3v) is 2.80. The van der Waals surface area contributed by atoms with Gasteiger partial charge in [0, 0.05) is 13.0 Å². The van der Waals surface area contributed by atoms with Crippen LogP contribution in [0.5, 0.6) is 0 Å². The highest BCUT2D eigenvalue weighted by atomic mass is 16.5. The van der Waals surface area contributed by atoms with Gasteiger partial charge in [-0.3, -0.25) is 9.69 Å². The molecule has 0 spiro atoms. The number of pyridine rings is 1. The summed E-state index contributed by atoms with van der Waals surface area (Å²) >= 11 is 0. The van der Waals surface area contributed by atoms with E-state index < -0.39 is 11.9 Å². The Hall–Kier alpha value is -2.44. The Balaban J connectivity index is 2.48. The quantitative estimate of drug-likeness (QED) is 0.807. The predicted molar refractivity (Wildman–Crippen MR) is 64.1 cm³/mol. The Bertz CT molecular complexity index is 555.